The summed E-state index contributed by atoms with van der Waals surface area (Å²) in [7, 11) is 0. The van der Waals surface area contributed by atoms with E-state index in [0.717, 1.165) is 11.3 Å². The molecule has 0 aliphatic heterocycles. The summed E-state index contributed by atoms with van der Waals surface area (Å²) < 4.78 is 5.36. The van der Waals surface area contributed by atoms with E-state index in [9.17, 15) is 14.7 Å². The van der Waals surface area contributed by atoms with Crippen molar-refractivity contribution >= 4 is 11.8 Å². The average molecular weight is 342 g/mol. The molecule has 0 spiro atoms. The van der Waals surface area contributed by atoms with Crippen LogP contribution in [0.2, 0.25) is 0 Å². The van der Waals surface area contributed by atoms with Gasteiger partial charge in [-0.15, -0.1) is 0 Å². The fourth-order valence-corrected chi connectivity index (χ4v) is 2.25. The number of hydrogen-bond acceptors (Lipinski definition) is 4. The van der Waals surface area contributed by atoms with E-state index in [2.05, 4.69) is 10.6 Å². The predicted octanol–water partition coefficient (Wildman–Crippen LogP) is 1.88. The average Bonchev–Trinajstić information content (AvgIpc) is 2.60. The number of benzene rings is 2. The number of carbonyl (C=O) groups excluding carboxylic acids is 2. The van der Waals surface area contributed by atoms with Crippen LogP contribution in [0.1, 0.15) is 22.8 Å². The smallest absolute Gasteiger partial charge is 0.251 e. The molecule has 2 rings (SSSR count). The van der Waals surface area contributed by atoms with Crippen molar-refractivity contribution in [3.05, 3.63) is 59.7 Å². The fraction of sp³-hybridized carbons (Fsp3) is 0.263. The maximum Gasteiger partial charge on any atom is 0.251 e. The number of hydrogen-bond donors (Lipinski definition) is 3. The van der Waals surface area contributed by atoms with Crippen LogP contribution in [-0.4, -0.2) is 36.6 Å². The predicted molar refractivity (Wildman–Crippen MR) is 94.8 cm³/mol. The molecule has 0 aliphatic carbocycles. The van der Waals surface area contributed by atoms with Gasteiger partial charge in [0, 0.05) is 18.7 Å². The second-order valence-corrected chi connectivity index (χ2v) is 5.41. The largest absolute Gasteiger partial charge is 0.508 e. The van der Waals surface area contributed by atoms with Crippen LogP contribution >= 0.6 is 0 Å². The number of rotatable bonds is 8. The molecule has 0 saturated carbocycles. The van der Waals surface area contributed by atoms with Crippen molar-refractivity contribution in [1.82, 2.24) is 10.6 Å². The van der Waals surface area contributed by atoms with Gasteiger partial charge in [0.15, 0.2) is 0 Å². The van der Waals surface area contributed by atoms with Gasteiger partial charge >= 0.3 is 0 Å². The summed E-state index contributed by atoms with van der Waals surface area (Å²) in [5, 5.41) is 14.8. The van der Waals surface area contributed by atoms with Gasteiger partial charge in [0.25, 0.3) is 5.91 Å². The third-order valence-corrected chi connectivity index (χ3v) is 3.44. The number of aromatic hydroxyl groups is 1. The third kappa shape index (κ3) is 6.18. The maximum absolute atomic E-state index is 11.9. The molecule has 0 unspecified atom stereocenters. The number of carbonyl (C=O) groups is 2. The molecule has 0 heterocycles. The van der Waals surface area contributed by atoms with Gasteiger partial charge in [-0.05, 0) is 42.8 Å². The summed E-state index contributed by atoms with van der Waals surface area (Å²) in [6.07, 6.45) is 0.271. The Bertz CT molecular complexity index is 714. The van der Waals surface area contributed by atoms with Gasteiger partial charge in [0.1, 0.15) is 11.5 Å². The normalized spacial score (nSPS) is 10.1. The SMILES string of the molecule is CCOc1ccc(CC(=O)NCCNC(=O)c2cccc(O)c2)cc1. The zero-order chi connectivity index (χ0) is 18.1. The van der Waals surface area contributed by atoms with E-state index in [1.807, 2.05) is 31.2 Å². The standard InChI is InChI=1S/C19H22N2O4/c1-2-25-17-8-6-14(7-9-17)12-18(23)20-10-11-21-19(24)15-4-3-5-16(22)13-15/h3-9,13,22H,2,10-12H2,1H3,(H,20,23)(H,21,24). The molecule has 0 bridgehead atoms. The molecule has 2 aromatic rings. The van der Waals surface area contributed by atoms with Crippen LogP contribution in [-0.2, 0) is 11.2 Å². The zero-order valence-corrected chi connectivity index (χ0v) is 14.1. The minimum atomic E-state index is -0.295. The van der Waals surface area contributed by atoms with Crippen LogP contribution in [0.25, 0.3) is 0 Å². The minimum Gasteiger partial charge on any atom is -0.508 e. The molecule has 6 nitrogen and oxygen atoms in total. The Hall–Kier alpha value is -3.02. The molecule has 0 atom stereocenters. The Kier molecular flexibility index (Phi) is 6.83. The van der Waals surface area contributed by atoms with Crippen LogP contribution in [0.4, 0.5) is 0 Å². The van der Waals surface area contributed by atoms with Gasteiger partial charge in [-0.25, -0.2) is 0 Å². The van der Waals surface area contributed by atoms with E-state index in [0.29, 0.717) is 25.3 Å². The van der Waals surface area contributed by atoms with Crippen molar-refractivity contribution in [1.29, 1.82) is 0 Å². The van der Waals surface area contributed by atoms with Crippen LogP contribution in [0.15, 0.2) is 48.5 Å². The first-order valence-electron chi connectivity index (χ1n) is 8.14. The second kappa shape index (κ2) is 9.32. The highest BCUT2D eigenvalue weighted by molar-refractivity contribution is 5.94. The highest BCUT2D eigenvalue weighted by Gasteiger charge is 2.06. The van der Waals surface area contributed by atoms with Crippen molar-refractivity contribution in [2.45, 2.75) is 13.3 Å². The van der Waals surface area contributed by atoms with Gasteiger partial charge < -0.3 is 20.5 Å². The van der Waals surface area contributed by atoms with E-state index in [4.69, 9.17) is 4.74 Å². The molecule has 0 aromatic heterocycles. The molecular weight excluding hydrogens is 320 g/mol. The number of nitrogens with one attached hydrogen (secondary N) is 2. The lowest BCUT2D eigenvalue weighted by Crippen LogP contribution is -2.35. The molecule has 2 aromatic carbocycles. The van der Waals surface area contributed by atoms with E-state index in [1.165, 1.54) is 12.1 Å². The van der Waals surface area contributed by atoms with Gasteiger partial charge in [-0.3, -0.25) is 9.59 Å². The fourth-order valence-electron chi connectivity index (χ4n) is 2.25. The molecule has 2 amide bonds. The molecule has 25 heavy (non-hydrogen) atoms. The summed E-state index contributed by atoms with van der Waals surface area (Å²) in [5.74, 6) is 0.407. The molecule has 0 aliphatic rings. The lowest BCUT2D eigenvalue weighted by Gasteiger charge is -2.08. The van der Waals surface area contributed by atoms with E-state index in [-0.39, 0.29) is 24.0 Å². The van der Waals surface area contributed by atoms with Gasteiger partial charge in [0.05, 0.1) is 13.0 Å². The maximum atomic E-state index is 11.9. The third-order valence-electron chi connectivity index (χ3n) is 3.44. The van der Waals surface area contributed by atoms with E-state index in [1.54, 1.807) is 12.1 Å². The monoisotopic (exact) mass is 342 g/mol. The molecule has 0 saturated heterocycles. The summed E-state index contributed by atoms with van der Waals surface area (Å²) in [5.41, 5.74) is 1.27. The van der Waals surface area contributed by atoms with E-state index >= 15 is 0 Å². The molecule has 3 N–H and O–H groups in total. The number of ether oxygens (including phenoxy) is 1. The first-order chi connectivity index (χ1) is 12.1. The Morgan fingerprint density at radius 3 is 2.44 bits per heavy atom. The quantitative estimate of drug-likeness (QED) is 0.639. The van der Waals surface area contributed by atoms with Crippen molar-refractivity contribution < 1.29 is 19.4 Å². The second-order valence-electron chi connectivity index (χ2n) is 5.41. The first kappa shape index (κ1) is 18.3. The number of amides is 2. The molecule has 0 radical (unpaired) electrons. The van der Waals surface area contributed by atoms with Gasteiger partial charge in [-0.2, -0.15) is 0 Å². The Labute approximate surface area is 146 Å². The van der Waals surface area contributed by atoms with Crippen LogP contribution in [0.3, 0.4) is 0 Å². The highest BCUT2D eigenvalue weighted by atomic mass is 16.5. The van der Waals surface area contributed by atoms with Gasteiger partial charge in [-0.1, -0.05) is 18.2 Å². The lowest BCUT2D eigenvalue weighted by atomic mass is 10.1. The number of phenolic OH excluding ortho intramolecular Hbond substituents is 1. The van der Waals surface area contributed by atoms with Crippen molar-refractivity contribution in [2.24, 2.45) is 0 Å². The van der Waals surface area contributed by atoms with Crippen LogP contribution < -0.4 is 15.4 Å². The van der Waals surface area contributed by atoms with Crippen molar-refractivity contribution in [3.8, 4) is 11.5 Å². The molecular formula is C19H22N2O4. The highest BCUT2D eigenvalue weighted by Crippen LogP contribution is 2.12. The minimum absolute atomic E-state index is 0.0382. The Morgan fingerprint density at radius 2 is 1.76 bits per heavy atom. The topological polar surface area (TPSA) is 87.7 Å². The number of phenols is 1. The van der Waals surface area contributed by atoms with Crippen LogP contribution in [0.5, 0.6) is 11.5 Å². The summed E-state index contributed by atoms with van der Waals surface area (Å²) in [6.45, 7) is 3.17. The lowest BCUT2D eigenvalue weighted by molar-refractivity contribution is -0.120. The summed E-state index contributed by atoms with van der Waals surface area (Å²) in [4.78, 5) is 23.8. The van der Waals surface area contributed by atoms with Crippen LogP contribution in [0, 0.1) is 0 Å². The Balaban J connectivity index is 1.69. The van der Waals surface area contributed by atoms with Crippen molar-refractivity contribution in [2.75, 3.05) is 19.7 Å². The van der Waals surface area contributed by atoms with Crippen molar-refractivity contribution in [3.63, 3.8) is 0 Å². The zero-order valence-electron chi connectivity index (χ0n) is 14.1. The summed E-state index contributed by atoms with van der Waals surface area (Å²) in [6, 6.07) is 13.5. The van der Waals surface area contributed by atoms with Gasteiger partial charge in [0.2, 0.25) is 5.91 Å². The first-order valence-corrected chi connectivity index (χ1v) is 8.14. The Morgan fingerprint density at radius 1 is 1.04 bits per heavy atom. The van der Waals surface area contributed by atoms with E-state index < -0.39 is 0 Å². The molecule has 6 heteroatoms. The molecule has 0 fully saturated rings. The summed E-state index contributed by atoms with van der Waals surface area (Å²) >= 11 is 0. The molecule has 132 valence electrons.